The van der Waals surface area contributed by atoms with Gasteiger partial charge in [-0.3, -0.25) is 14.3 Å². The van der Waals surface area contributed by atoms with Gasteiger partial charge in [-0.05, 0) is 97.8 Å². The van der Waals surface area contributed by atoms with Crippen molar-refractivity contribution in [2.75, 3.05) is 19.7 Å². The third kappa shape index (κ3) is 5.80. The molecule has 3 aliphatic rings. The van der Waals surface area contributed by atoms with Crippen molar-refractivity contribution in [1.82, 2.24) is 20.0 Å². The molecule has 1 aromatic heterocycles. The number of aromatic nitrogens is 2. The molecule has 43 heavy (non-hydrogen) atoms. The number of nitrogens with zero attached hydrogens (tertiary/aromatic N) is 3. The number of fused-ring (bicyclic) bond motifs is 6. The minimum Gasteiger partial charge on any atom is -0.507 e. The summed E-state index contributed by atoms with van der Waals surface area (Å²) in [6.45, 7) is 5.39. The molecule has 3 aromatic carbocycles. The molecule has 8 bridgehead atoms. The van der Waals surface area contributed by atoms with E-state index in [0.717, 1.165) is 33.6 Å². The molecule has 2 amide bonds. The van der Waals surface area contributed by atoms with Gasteiger partial charge in [0.1, 0.15) is 23.0 Å². The Morgan fingerprint density at radius 3 is 2.70 bits per heavy atom. The van der Waals surface area contributed by atoms with Gasteiger partial charge in [-0.25, -0.2) is 0 Å². The van der Waals surface area contributed by atoms with Crippen LogP contribution in [-0.4, -0.2) is 51.3 Å². The zero-order chi connectivity index (χ0) is 30.1. The molecule has 4 aromatic rings. The number of carbonyl (C=O) groups excluding carboxylic acids is 2. The Bertz CT molecular complexity index is 1690. The maximum absolute atomic E-state index is 13.9. The fourth-order valence-corrected chi connectivity index (χ4v) is 6.08. The van der Waals surface area contributed by atoms with Crippen molar-refractivity contribution in [2.45, 2.75) is 45.6 Å². The average Bonchev–Trinajstić information content (AvgIpc) is 3.25. The number of rotatable bonds is 3. The molecule has 0 aliphatic carbocycles. The van der Waals surface area contributed by atoms with E-state index in [-0.39, 0.29) is 29.2 Å². The second-order valence-electron chi connectivity index (χ2n) is 11.2. The van der Waals surface area contributed by atoms with Crippen LogP contribution in [0.2, 0.25) is 0 Å². The summed E-state index contributed by atoms with van der Waals surface area (Å²) < 4.78 is 14.1. The zero-order valence-corrected chi connectivity index (χ0v) is 24.7. The molecule has 0 saturated carbocycles. The van der Waals surface area contributed by atoms with Gasteiger partial charge in [0.15, 0.2) is 0 Å². The van der Waals surface area contributed by atoms with Crippen LogP contribution in [0.4, 0.5) is 0 Å². The van der Waals surface area contributed by atoms with Gasteiger partial charge in [0, 0.05) is 32.3 Å². The number of aromatic hydroxyl groups is 1. The third-order valence-electron chi connectivity index (χ3n) is 8.41. The van der Waals surface area contributed by atoms with Crippen LogP contribution in [0.3, 0.4) is 0 Å². The van der Waals surface area contributed by atoms with E-state index in [4.69, 9.17) is 9.47 Å². The number of phenolic OH excluding ortho intramolecular Hbond substituents is 1. The van der Waals surface area contributed by atoms with Gasteiger partial charge < -0.3 is 24.8 Å². The molecule has 1 unspecified atom stereocenters. The fraction of sp³-hybridized carbons (Fsp3) is 0.324. The van der Waals surface area contributed by atoms with Crippen LogP contribution < -0.4 is 14.8 Å². The molecule has 3 aliphatic heterocycles. The first kappa shape index (κ1) is 28.3. The van der Waals surface area contributed by atoms with E-state index < -0.39 is 0 Å². The molecular weight excluding hydrogens is 544 g/mol. The van der Waals surface area contributed by atoms with E-state index in [0.29, 0.717) is 62.6 Å². The van der Waals surface area contributed by atoms with Crippen molar-refractivity contribution < 1.29 is 24.2 Å². The largest absolute Gasteiger partial charge is 0.507 e. The first-order valence-electron chi connectivity index (χ1n) is 14.7. The maximum atomic E-state index is 13.9. The van der Waals surface area contributed by atoms with Crippen molar-refractivity contribution in [3.8, 4) is 23.0 Å². The van der Waals surface area contributed by atoms with E-state index in [1.165, 1.54) is 6.07 Å². The number of phenols is 1. The van der Waals surface area contributed by atoms with Crippen LogP contribution in [0, 0.1) is 13.8 Å². The predicted octanol–water partition coefficient (Wildman–Crippen LogP) is 5.15. The molecule has 4 heterocycles. The molecule has 9 nitrogen and oxygen atoms in total. The number of carbonyl (C=O) groups is 2. The van der Waals surface area contributed by atoms with Crippen molar-refractivity contribution in [3.63, 3.8) is 0 Å². The number of ether oxygens (including phenoxy) is 2. The monoisotopic (exact) mass is 580 g/mol. The normalized spacial score (nSPS) is 16.5. The summed E-state index contributed by atoms with van der Waals surface area (Å²) in [6.07, 6.45) is 2.30. The molecule has 7 rings (SSSR count). The predicted molar refractivity (Wildman–Crippen MR) is 162 cm³/mol. The van der Waals surface area contributed by atoms with Crippen molar-refractivity contribution in [2.24, 2.45) is 7.05 Å². The third-order valence-corrected chi connectivity index (χ3v) is 8.41. The molecule has 222 valence electrons. The van der Waals surface area contributed by atoms with Gasteiger partial charge in [-0.1, -0.05) is 18.2 Å². The number of benzene rings is 3. The van der Waals surface area contributed by atoms with Crippen molar-refractivity contribution in [1.29, 1.82) is 0 Å². The lowest BCUT2D eigenvalue weighted by molar-refractivity contribution is -0.133. The molecule has 1 atom stereocenters. The quantitative estimate of drug-likeness (QED) is 0.347. The van der Waals surface area contributed by atoms with Crippen LogP contribution in [0.25, 0.3) is 0 Å². The summed E-state index contributed by atoms with van der Waals surface area (Å²) in [7, 11) is 1.93. The number of hydrogen-bond donors (Lipinski definition) is 2. The summed E-state index contributed by atoms with van der Waals surface area (Å²) in [6, 6.07) is 18.2. The Balaban J connectivity index is 1.36. The van der Waals surface area contributed by atoms with Crippen LogP contribution in [-0.2, 0) is 24.7 Å². The van der Waals surface area contributed by atoms with Gasteiger partial charge >= 0.3 is 0 Å². The van der Waals surface area contributed by atoms with E-state index in [2.05, 4.69) is 10.4 Å². The molecule has 0 fully saturated rings. The molecule has 0 saturated heterocycles. The zero-order valence-electron chi connectivity index (χ0n) is 24.7. The first-order chi connectivity index (χ1) is 20.8. The molecular formula is C34H36N4O5. The number of hydrogen-bond acceptors (Lipinski definition) is 6. The lowest BCUT2D eigenvalue weighted by atomic mass is 9.87. The topological polar surface area (TPSA) is 106 Å². The summed E-state index contributed by atoms with van der Waals surface area (Å²) in [5, 5.41) is 17.7. The fourth-order valence-electron chi connectivity index (χ4n) is 6.08. The average molecular weight is 581 g/mol. The van der Waals surface area contributed by atoms with E-state index >= 15 is 0 Å². The Morgan fingerprint density at radius 2 is 1.88 bits per heavy atom. The summed E-state index contributed by atoms with van der Waals surface area (Å²) in [5.74, 6) is 1.38. The highest BCUT2D eigenvalue weighted by molar-refractivity contribution is 5.97. The van der Waals surface area contributed by atoms with Gasteiger partial charge in [0.25, 0.3) is 5.91 Å². The Morgan fingerprint density at radius 1 is 1.07 bits per heavy atom. The smallest absolute Gasteiger partial charge is 0.255 e. The molecule has 9 heteroatoms. The maximum Gasteiger partial charge on any atom is 0.255 e. The highest BCUT2D eigenvalue weighted by Crippen LogP contribution is 2.39. The molecule has 0 radical (unpaired) electrons. The van der Waals surface area contributed by atoms with Crippen LogP contribution in [0.15, 0.2) is 60.7 Å². The van der Waals surface area contributed by atoms with Gasteiger partial charge in [-0.2, -0.15) is 5.10 Å². The van der Waals surface area contributed by atoms with Crippen LogP contribution >= 0.6 is 0 Å². The van der Waals surface area contributed by atoms with Gasteiger partial charge in [0.05, 0.1) is 23.9 Å². The number of amides is 2. The Kier molecular flexibility index (Phi) is 7.80. The van der Waals surface area contributed by atoms with Crippen LogP contribution in [0.1, 0.15) is 62.9 Å². The van der Waals surface area contributed by atoms with Gasteiger partial charge in [0.2, 0.25) is 5.91 Å². The second kappa shape index (κ2) is 11.8. The number of aryl methyl sites for hydroxylation is 2. The highest BCUT2D eigenvalue weighted by Gasteiger charge is 2.33. The van der Waals surface area contributed by atoms with Gasteiger partial charge in [-0.15, -0.1) is 0 Å². The first-order valence-corrected chi connectivity index (χ1v) is 14.7. The molecule has 2 N–H and O–H groups in total. The lowest BCUT2D eigenvalue weighted by Gasteiger charge is -2.38. The van der Waals surface area contributed by atoms with E-state index in [1.54, 1.807) is 12.1 Å². The van der Waals surface area contributed by atoms with E-state index in [1.807, 2.05) is 72.9 Å². The molecule has 0 spiro atoms. The highest BCUT2D eigenvalue weighted by atomic mass is 16.5. The summed E-state index contributed by atoms with van der Waals surface area (Å²) in [4.78, 5) is 28.6. The minimum atomic E-state index is -0.377. The Labute approximate surface area is 251 Å². The Hall–Kier alpha value is -4.79. The minimum absolute atomic E-state index is 0.0967. The van der Waals surface area contributed by atoms with E-state index in [9.17, 15) is 14.7 Å². The number of nitrogens with one attached hydrogen (secondary N) is 1. The van der Waals surface area contributed by atoms with Crippen LogP contribution in [0.5, 0.6) is 23.0 Å². The SMILES string of the molecule is Cc1nn(C)c(C)c1CCC(=O)N1CCc2cc3ccc2C1c1cccc(c1)OCCCNC(=O)c1cc(ccc1O)O3. The second-order valence-corrected chi connectivity index (χ2v) is 11.2. The summed E-state index contributed by atoms with van der Waals surface area (Å²) in [5.41, 5.74) is 6.44. The summed E-state index contributed by atoms with van der Waals surface area (Å²) >= 11 is 0. The van der Waals surface area contributed by atoms with Crippen molar-refractivity contribution >= 4 is 11.8 Å². The van der Waals surface area contributed by atoms with Crippen molar-refractivity contribution in [3.05, 3.63) is 99.9 Å². The lowest BCUT2D eigenvalue weighted by Crippen LogP contribution is -2.40. The standard InChI is InChI=1S/C34H36N4O5/c1-21-28(22(2)37(3)36-21)11-13-32(40)38-16-14-23-18-26-8-10-29(23)33(38)24-6-4-7-25(19-24)42-17-5-15-35-34(41)30-20-27(43-26)9-12-31(30)39/h4,6-10,12,18-20,33,39H,5,11,13-17H2,1-3H3,(H,35,41).